The predicted molar refractivity (Wildman–Crippen MR) is 137 cm³/mol. The summed E-state index contributed by atoms with van der Waals surface area (Å²) in [6.07, 6.45) is -2.79. The van der Waals surface area contributed by atoms with Crippen LogP contribution in [0.4, 0.5) is 5.82 Å². The van der Waals surface area contributed by atoms with Crippen LogP contribution in [-0.2, 0) is 23.4 Å². The van der Waals surface area contributed by atoms with Gasteiger partial charge in [-0.05, 0) is 52.8 Å². The summed E-state index contributed by atoms with van der Waals surface area (Å²) in [5, 5.41) is 24.4. The van der Waals surface area contributed by atoms with E-state index >= 15 is 0 Å². The van der Waals surface area contributed by atoms with Crippen LogP contribution in [-0.4, -0.2) is 62.8 Å². The molecule has 1 aromatic heterocycles. The molecular weight excluding hydrogens is 519 g/mol. The number of rotatable bonds is 10. The molecule has 0 radical (unpaired) electrons. The highest BCUT2D eigenvalue weighted by molar-refractivity contribution is 7.52. The minimum Gasteiger partial charge on any atom is -0.464 e. The van der Waals surface area contributed by atoms with Gasteiger partial charge in [-0.1, -0.05) is 18.2 Å². The molecule has 2 aromatic rings. The highest BCUT2D eigenvalue weighted by Crippen LogP contribution is 2.46. The standard InChI is InChI=1S/C24H35N4O9P/c1-15(13-34-21(30)23(2,3)4)27-38(33,37-16-9-7-6-8-10-16)35-14-17-19(29)24(5,32)20(36-17)28-12-11-18(25)26-22(28)31/h6-12,15,17,19-20,29,32H,13-14H2,1-5H3,(H,27,33)(H2,25,26,31)/t15-,17-,19-,20-,24-,38?/m1/s1. The zero-order valence-corrected chi connectivity index (χ0v) is 22.8. The van der Waals surface area contributed by atoms with Crippen LogP contribution in [0.3, 0.4) is 0 Å². The number of benzene rings is 1. The maximum atomic E-state index is 13.7. The molecule has 13 nitrogen and oxygen atoms in total. The SMILES string of the molecule is C[C@H](COC(=O)C(C)(C)C)NP(=O)(OC[C@H]1O[C@@H](n2ccc(N)nc2=O)[C@](C)(O)[C@@H]1O)Oc1ccccc1. The molecule has 0 amide bonds. The van der Waals surface area contributed by atoms with Crippen LogP contribution in [0.25, 0.3) is 0 Å². The van der Waals surface area contributed by atoms with E-state index in [0.29, 0.717) is 0 Å². The fraction of sp³-hybridized carbons (Fsp3) is 0.542. The first kappa shape index (κ1) is 29.8. The number of nitrogens with one attached hydrogen (secondary N) is 1. The monoisotopic (exact) mass is 554 g/mol. The van der Waals surface area contributed by atoms with E-state index in [0.717, 1.165) is 4.57 Å². The summed E-state index contributed by atoms with van der Waals surface area (Å²) >= 11 is 0. The highest BCUT2D eigenvalue weighted by atomic mass is 31.2. The van der Waals surface area contributed by atoms with Gasteiger partial charge in [0.1, 0.15) is 36.0 Å². The third kappa shape index (κ3) is 7.19. The molecule has 5 N–H and O–H groups in total. The first-order valence-corrected chi connectivity index (χ1v) is 13.5. The molecule has 14 heteroatoms. The van der Waals surface area contributed by atoms with Gasteiger partial charge in [-0.25, -0.2) is 14.4 Å². The average molecular weight is 555 g/mol. The van der Waals surface area contributed by atoms with Crippen molar-refractivity contribution in [3.8, 4) is 5.75 Å². The number of aliphatic hydroxyl groups excluding tert-OH is 1. The van der Waals surface area contributed by atoms with Gasteiger partial charge in [-0.3, -0.25) is 13.9 Å². The molecule has 1 aliphatic heterocycles. The largest absolute Gasteiger partial charge is 0.464 e. The normalized spacial score (nSPS) is 25.9. The minimum absolute atomic E-state index is 0.0169. The van der Waals surface area contributed by atoms with E-state index in [1.165, 1.54) is 19.2 Å². The van der Waals surface area contributed by atoms with Crippen molar-refractivity contribution in [1.82, 2.24) is 14.6 Å². The molecule has 0 bridgehead atoms. The first-order chi connectivity index (χ1) is 17.6. The molecule has 38 heavy (non-hydrogen) atoms. The van der Waals surface area contributed by atoms with E-state index in [9.17, 15) is 24.4 Å². The van der Waals surface area contributed by atoms with E-state index in [-0.39, 0.29) is 18.2 Å². The zero-order valence-electron chi connectivity index (χ0n) is 21.9. The number of esters is 1. The fourth-order valence-corrected chi connectivity index (χ4v) is 5.12. The number of hydrogen-bond donors (Lipinski definition) is 4. The van der Waals surface area contributed by atoms with Gasteiger partial charge in [0, 0.05) is 12.2 Å². The number of ether oxygens (including phenoxy) is 2. The Morgan fingerprint density at radius 1 is 1.32 bits per heavy atom. The quantitative estimate of drug-likeness (QED) is 0.246. The highest BCUT2D eigenvalue weighted by Gasteiger charge is 2.54. The summed E-state index contributed by atoms with van der Waals surface area (Å²) in [5.74, 6) is -0.217. The summed E-state index contributed by atoms with van der Waals surface area (Å²) in [5.41, 5.74) is 2.09. The van der Waals surface area contributed by atoms with Crippen LogP contribution in [0.2, 0.25) is 0 Å². The number of nitrogens with two attached hydrogens (primary N) is 1. The fourth-order valence-electron chi connectivity index (χ4n) is 3.59. The Labute approximate surface area is 220 Å². The van der Waals surface area contributed by atoms with E-state index < -0.39 is 61.5 Å². The van der Waals surface area contributed by atoms with Gasteiger partial charge in [0.15, 0.2) is 6.23 Å². The lowest BCUT2D eigenvalue weighted by Crippen LogP contribution is -2.46. The molecule has 1 aliphatic rings. The molecule has 1 aromatic carbocycles. The maximum Gasteiger partial charge on any atom is 0.459 e. The number of nitrogen functional groups attached to an aromatic ring is 1. The zero-order chi connectivity index (χ0) is 28.3. The number of aliphatic hydroxyl groups is 2. The second kappa shape index (κ2) is 11.5. The Morgan fingerprint density at radius 2 is 1.97 bits per heavy atom. The maximum absolute atomic E-state index is 13.7. The molecule has 6 atom stereocenters. The lowest BCUT2D eigenvalue weighted by molar-refractivity contribution is -0.153. The smallest absolute Gasteiger partial charge is 0.459 e. The van der Waals surface area contributed by atoms with Crippen molar-refractivity contribution < 1.29 is 38.1 Å². The molecular formula is C24H35N4O9P. The van der Waals surface area contributed by atoms with Gasteiger partial charge in [0.25, 0.3) is 0 Å². The Morgan fingerprint density at radius 3 is 2.58 bits per heavy atom. The molecule has 1 unspecified atom stereocenters. The number of hydrogen-bond acceptors (Lipinski definition) is 11. The number of carbonyl (C=O) groups is 1. The van der Waals surface area contributed by atoms with Gasteiger partial charge in [-0.2, -0.15) is 4.98 Å². The second-order valence-corrected chi connectivity index (χ2v) is 12.0. The summed E-state index contributed by atoms with van der Waals surface area (Å²) in [6.45, 7) is 7.44. The number of anilines is 1. The number of para-hydroxylation sites is 1. The van der Waals surface area contributed by atoms with Crippen molar-refractivity contribution in [1.29, 1.82) is 0 Å². The lowest BCUT2D eigenvalue weighted by Gasteiger charge is -2.27. The van der Waals surface area contributed by atoms with Crippen LogP contribution in [0, 0.1) is 5.41 Å². The van der Waals surface area contributed by atoms with Gasteiger partial charge >= 0.3 is 19.4 Å². The Kier molecular flexibility index (Phi) is 9.02. The molecule has 210 valence electrons. The molecule has 3 rings (SSSR count). The third-order valence-electron chi connectivity index (χ3n) is 5.69. The van der Waals surface area contributed by atoms with E-state index in [1.54, 1.807) is 58.0 Å². The number of aromatic nitrogens is 2. The molecule has 0 aliphatic carbocycles. The summed E-state index contributed by atoms with van der Waals surface area (Å²) in [4.78, 5) is 28.0. The molecule has 1 fully saturated rings. The van der Waals surface area contributed by atoms with E-state index in [2.05, 4.69) is 10.1 Å². The summed E-state index contributed by atoms with van der Waals surface area (Å²) < 4.78 is 37.0. The van der Waals surface area contributed by atoms with Crippen LogP contribution in [0.1, 0.15) is 40.8 Å². The lowest BCUT2D eigenvalue weighted by atomic mass is 9.96. The van der Waals surface area contributed by atoms with Gasteiger partial charge < -0.3 is 29.9 Å². The number of nitrogens with zero attached hydrogens (tertiary/aromatic N) is 2. The average Bonchev–Trinajstić information content (AvgIpc) is 3.04. The number of carbonyl (C=O) groups excluding carboxylic acids is 1. The van der Waals surface area contributed by atoms with Crippen molar-refractivity contribution in [2.24, 2.45) is 5.41 Å². The van der Waals surface area contributed by atoms with Gasteiger partial charge in [0.05, 0.1) is 12.0 Å². The molecule has 1 saturated heterocycles. The molecule has 0 saturated carbocycles. The predicted octanol–water partition coefficient (Wildman–Crippen LogP) is 1.61. The second-order valence-electron chi connectivity index (χ2n) is 10.3. The summed E-state index contributed by atoms with van der Waals surface area (Å²) in [7, 11) is -4.14. The van der Waals surface area contributed by atoms with Crippen molar-refractivity contribution in [2.75, 3.05) is 18.9 Å². The van der Waals surface area contributed by atoms with Gasteiger partial charge in [0.2, 0.25) is 0 Å². The van der Waals surface area contributed by atoms with Crippen LogP contribution in [0.15, 0.2) is 47.4 Å². The van der Waals surface area contributed by atoms with E-state index in [4.69, 9.17) is 24.3 Å². The molecule has 0 spiro atoms. The Hall–Kier alpha value is -2.80. The Balaban J connectivity index is 1.75. The van der Waals surface area contributed by atoms with E-state index in [1.807, 2.05) is 0 Å². The first-order valence-electron chi connectivity index (χ1n) is 12.0. The summed E-state index contributed by atoms with van der Waals surface area (Å²) in [6, 6.07) is 8.95. The molecule has 2 heterocycles. The van der Waals surface area contributed by atoms with Crippen molar-refractivity contribution in [2.45, 2.75) is 64.7 Å². The topological polar surface area (TPSA) is 184 Å². The van der Waals surface area contributed by atoms with Crippen LogP contribution < -0.4 is 21.0 Å². The van der Waals surface area contributed by atoms with Gasteiger partial charge in [-0.15, -0.1) is 0 Å². The van der Waals surface area contributed by atoms with Crippen molar-refractivity contribution >= 4 is 19.5 Å². The van der Waals surface area contributed by atoms with Crippen molar-refractivity contribution in [3.05, 3.63) is 53.1 Å². The van der Waals surface area contributed by atoms with Crippen molar-refractivity contribution in [3.63, 3.8) is 0 Å². The van der Waals surface area contributed by atoms with Crippen LogP contribution >= 0.6 is 7.75 Å². The van der Waals surface area contributed by atoms with Crippen LogP contribution in [0.5, 0.6) is 5.75 Å². The Bertz CT molecular complexity index is 1220. The minimum atomic E-state index is -4.14. The third-order valence-corrected chi connectivity index (χ3v) is 7.39.